The molecule has 0 saturated carbocycles. The van der Waals surface area contributed by atoms with Crippen molar-refractivity contribution in [1.29, 1.82) is 0 Å². The smallest absolute Gasteiger partial charge is 0.407 e. The number of carbonyl (C=O) groups is 3. The Morgan fingerprint density at radius 1 is 1.10 bits per heavy atom. The summed E-state index contributed by atoms with van der Waals surface area (Å²) in [4.78, 5) is 48.7. The van der Waals surface area contributed by atoms with Gasteiger partial charge in [0.2, 0.25) is 11.8 Å². The molecule has 1 aliphatic heterocycles. The fraction of sp³-hybridized carbons (Fsp3) is 0.643. The van der Waals surface area contributed by atoms with E-state index in [1.807, 2.05) is 33.8 Å². The molecule has 1 aliphatic rings. The van der Waals surface area contributed by atoms with Gasteiger partial charge in [-0.25, -0.2) is 9.59 Å². The lowest BCUT2D eigenvalue weighted by Gasteiger charge is -2.21. The van der Waals surface area contributed by atoms with Crippen LogP contribution in [0, 0.1) is 0 Å². The Morgan fingerprint density at radius 3 is 2.33 bits per heavy atom. The number of piperidine rings is 1. The maximum absolute atomic E-state index is 13.1. The molecule has 2 rings (SSSR count). The van der Waals surface area contributed by atoms with E-state index in [0.29, 0.717) is 57.6 Å². The lowest BCUT2D eigenvalue weighted by atomic mass is 10.1. The van der Waals surface area contributed by atoms with Gasteiger partial charge in [0.05, 0.1) is 10.7 Å². The van der Waals surface area contributed by atoms with Crippen molar-refractivity contribution in [3.63, 3.8) is 0 Å². The van der Waals surface area contributed by atoms with Crippen molar-refractivity contribution in [2.24, 2.45) is 7.05 Å². The molecule has 0 bridgehead atoms. The molecule has 0 spiro atoms. The second-order valence-corrected chi connectivity index (χ2v) is 10.4. The number of imidazole rings is 1. The number of nitrogens with zero attached hydrogens (tertiary/aromatic N) is 2. The summed E-state index contributed by atoms with van der Waals surface area (Å²) in [6.07, 6.45) is 6.46. The van der Waals surface area contributed by atoms with Gasteiger partial charge in [0.25, 0.3) is 0 Å². The number of aromatic nitrogens is 2. The van der Waals surface area contributed by atoms with Gasteiger partial charge in [0.1, 0.15) is 11.6 Å². The van der Waals surface area contributed by atoms with Crippen LogP contribution in [0.25, 0.3) is 11.6 Å². The summed E-state index contributed by atoms with van der Waals surface area (Å²) in [5, 5.41) is 6.39. The van der Waals surface area contributed by atoms with Crippen LogP contribution in [0.2, 0.25) is 0 Å². The Kier molecular flexibility index (Phi) is 12.7. The van der Waals surface area contributed by atoms with Crippen molar-refractivity contribution in [3.05, 3.63) is 33.8 Å². The van der Waals surface area contributed by atoms with Crippen LogP contribution in [0.15, 0.2) is 17.4 Å². The Bertz CT molecular complexity index is 1190. The van der Waals surface area contributed by atoms with Crippen molar-refractivity contribution in [2.45, 2.75) is 77.9 Å². The van der Waals surface area contributed by atoms with Crippen molar-refractivity contribution in [3.8, 4) is 0 Å². The molecule has 39 heavy (non-hydrogen) atoms. The summed E-state index contributed by atoms with van der Waals surface area (Å²) in [5.41, 5.74) is 0.0786. The van der Waals surface area contributed by atoms with Crippen molar-refractivity contribution in [2.75, 3.05) is 33.0 Å². The average Bonchev–Trinajstić information content (AvgIpc) is 3.10. The minimum Gasteiger partial charge on any atom is -0.444 e. The molecule has 0 radical (unpaired) electrons. The zero-order valence-corrected chi connectivity index (χ0v) is 24.0. The van der Waals surface area contributed by atoms with Crippen molar-refractivity contribution >= 4 is 29.6 Å². The molecule has 2 N–H and O–H groups in total. The molecule has 1 aromatic heterocycles. The zero-order chi connectivity index (χ0) is 29.0. The largest absolute Gasteiger partial charge is 0.444 e. The molecule has 3 amide bonds. The molecular weight excluding hydrogens is 504 g/mol. The normalized spacial score (nSPS) is 17.2. The Hall–Kier alpha value is -3.18. The first-order chi connectivity index (χ1) is 18.5. The first-order valence-corrected chi connectivity index (χ1v) is 13.5. The van der Waals surface area contributed by atoms with Crippen LogP contribution in [0.3, 0.4) is 0 Å². The summed E-state index contributed by atoms with van der Waals surface area (Å²) >= 11 is 0. The number of carbonyl (C=O) groups excluding carboxylic acids is 3. The Morgan fingerprint density at radius 2 is 1.74 bits per heavy atom. The number of hydrogen-bond donors (Lipinski definition) is 2. The minimum atomic E-state index is -0.723. The maximum Gasteiger partial charge on any atom is 0.407 e. The van der Waals surface area contributed by atoms with Gasteiger partial charge in [-0.1, -0.05) is 18.7 Å². The van der Waals surface area contributed by atoms with E-state index in [2.05, 4.69) is 17.2 Å². The summed E-state index contributed by atoms with van der Waals surface area (Å²) < 4.78 is 19.5. The van der Waals surface area contributed by atoms with Crippen LogP contribution in [-0.2, 0) is 30.8 Å². The predicted octanol–water partition coefficient (Wildman–Crippen LogP) is 1.42. The number of alkyl carbamates (subject to hydrolysis) is 1. The zero-order valence-electron chi connectivity index (χ0n) is 24.0. The molecule has 0 aliphatic carbocycles. The van der Waals surface area contributed by atoms with Crippen molar-refractivity contribution in [1.82, 2.24) is 19.8 Å². The molecule has 218 valence electrons. The fourth-order valence-corrected chi connectivity index (χ4v) is 4.36. The van der Waals surface area contributed by atoms with Crippen LogP contribution in [0.4, 0.5) is 4.79 Å². The van der Waals surface area contributed by atoms with Gasteiger partial charge < -0.3 is 19.5 Å². The van der Waals surface area contributed by atoms with Gasteiger partial charge in [-0.2, -0.15) is 0 Å². The molecule has 1 unspecified atom stereocenters. The van der Waals surface area contributed by atoms with E-state index in [-0.39, 0.29) is 18.0 Å². The average molecular weight is 549 g/mol. The Labute approximate surface area is 229 Å². The van der Waals surface area contributed by atoms with Gasteiger partial charge in [0.15, 0.2) is 0 Å². The highest BCUT2D eigenvalue weighted by atomic mass is 16.6. The summed E-state index contributed by atoms with van der Waals surface area (Å²) in [6.45, 7) is 13.9. The fourth-order valence-electron chi connectivity index (χ4n) is 4.36. The van der Waals surface area contributed by atoms with Gasteiger partial charge in [-0.15, -0.1) is 0 Å². The second-order valence-electron chi connectivity index (χ2n) is 10.4. The van der Waals surface area contributed by atoms with Crippen LogP contribution in [-0.4, -0.2) is 65.6 Å². The standard InChI is InChI=1S/C28H44N4O7/c1-7-20(12-9-16-37-18-11-19-38-17-10-15-29-26(35)39-28(3,4)5)24-21(8-2)32(27(36)31(24)6)22-13-14-23(33)30-25(22)34/h7-8,22H,1,9-19H2,2-6H3,(H,29,35)(H,30,33,34)/b21-8+,24-20-. The predicted molar refractivity (Wildman–Crippen MR) is 148 cm³/mol. The number of imide groups is 1. The highest BCUT2D eigenvalue weighted by molar-refractivity contribution is 5.99. The van der Waals surface area contributed by atoms with Gasteiger partial charge >= 0.3 is 11.8 Å². The van der Waals surface area contributed by atoms with Crippen LogP contribution in [0.5, 0.6) is 0 Å². The molecule has 11 nitrogen and oxygen atoms in total. The quantitative estimate of drug-likeness (QED) is 0.266. The van der Waals surface area contributed by atoms with E-state index in [1.165, 1.54) is 9.13 Å². The third-order valence-corrected chi connectivity index (χ3v) is 6.12. The SMILES string of the molecule is C=C/C(CCCOCCCOCCCNC(=O)OC(C)(C)C)=c1\c(=C/C)n(C2CCC(=O)NC2=O)c(=O)n1C. The van der Waals surface area contributed by atoms with Gasteiger partial charge in [0, 0.05) is 46.4 Å². The topological polar surface area (TPSA) is 130 Å². The van der Waals surface area contributed by atoms with Gasteiger partial charge in [-0.05, 0) is 65.4 Å². The lowest BCUT2D eigenvalue weighted by Crippen LogP contribution is -2.47. The van der Waals surface area contributed by atoms with Crippen LogP contribution in [0.1, 0.15) is 72.3 Å². The van der Waals surface area contributed by atoms with Crippen molar-refractivity contribution < 1.29 is 28.6 Å². The monoisotopic (exact) mass is 548 g/mol. The number of amides is 3. The molecule has 1 fully saturated rings. The third-order valence-electron chi connectivity index (χ3n) is 6.12. The summed E-state index contributed by atoms with van der Waals surface area (Å²) in [5.74, 6) is -0.774. The highest BCUT2D eigenvalue weighted by Gasteiger charge is 2.30. The maximum atomic E-state index is 13.1. The molecule has 11 heteroatoms. The highest BCUT2D eigenvalue weighted by Crippen LogP contribution is 2.15. The van der Waals surface area contributed by atoms with E-state index < -0.39 is 23.6 Å². The first kappa shape index (κ1) is 32.0. The number of hydrogen-bond acceptors (Lipinski definition) is 7. The van der Waals surface area contributed by atoms with Crippen LogP contribution >= 0.6 is 0 Å². The molecule has 2 heterocycles. The number of nitrogens with one attached hydrogen (secondary N) is 2. The van der Waals surface area contributed by atoms with E-state index in [0.717, 1.165) is 23.8 Å². The molecule has 1 saturated heterocycles. The third kappa shape index (κ3) is 9.81. The van der Waals surface area contributed by atoms with E-state index in [4.69, 9.17) is 14.2 Å². The number of ether oxygens (including phenoxy) is 3. The number of allylic oxidation sites excluding steroid dienone is 1. The summed E-state index contributed by atoms with van der Waals surface area (Å²) in [6, 6.07) is -0.723. The van der Waals surface area contributed by atoms with Crippen LogP contribution < -0.4 is 27.0 Å². The summed E-state index contributed by atoms with van der Waals surface area (Å²) in [7, 11) is 1.68. The van der Waals surface area contributed by atoms with Gasteiger partial charge in [-0.3, -0.25) is 24.0 Å². The lowest BCUT2D eigenvalue weighted by molar-refractivity contribution is -0.135. The van der Waals surface area contributed by atoms with E-state index in [1.54, 1.807) is 13.1 Å². The molecule has 1 atom stereocenters. The molecule has 0 aromatic carbocycles. The van der Waals surface area contributed by atoms with E-state index >= 15 is 0 Å². The molecule has 1 aromatic rings. The molecular formula is C28H44N4O7. The first-order valence-electron chi connectivity index (χ1n) is 13.5. The van der Waals surface area contributed by atoms with E-state index in [9.17, 15) is 19.2 Å². The second kappa shape index (κ2) is 15.4. The minimum absolute atomic E-state index is 0.196. The number of rotatable bonds is 14. The Balaban J connectivity index is 1.78.